The molecule has 1 aromatic rings. The molecule has 0 unspecified atom stereocenters. The van der Waals surface area contributed by atoms with E-state index in [-0.39, 0.29) is 5.75 Å². The molecule has 0 aromatic heterocycles. The van der Waals surface area contributed by atoms with Gasteiger partial charge in [-0.05, 0) is 17.9 Å². The Kier molecular flexibility index (Phi) is 6.48. The molecule has 0 aliphatic heterocycles. The fraction of sp³-hybridized carbons (Fsp3) is 0.571. The van der Waals surface area contributed by atoms with Gasteiger partial charge in [-0.2, -0.15) is 4.31 Å². The first-order valence-corrected chi connectivity index (χ1v) is 8.28. The average molecular weight is 284 g/mol. The van der Waals surface area contributed by atoms with Crippen molar-refractivity contribution in [1.29, 1.82) is 0 Å². The zero-order valence-corrected chi connectivity index (χ0v) is 12.6. The predicted molar refractivity (Wildman–Crippen MR) is 79.1 cm³/mol. The van der Waals surface area contributed by atoms with Crippen LogP contribution in [0.2, 0.25) is 0 Å². The van der Waals surface area contributed by atoms with Gasteiger partial charge in [-0.3, -0.25) is 0 Å². The van der Waals surface area contributed by atoms with Crippen LogP contribution in [-0.2, 0) is 16.6 Å². The van der Waals surface area contributed by atoms with Gasteiger partial charge in [0.15, 0.2) is 0 Å². The molecule has 0 saturated heterocycles. The lowest BCUT2D eigenvalue weighted by molar-refractivity contribution is 0.410. The Morgan fingerprint density at radius 2 is 1.84 bits per heavy atom. The lowest BCUT2D eigenvalue weighted by atomic mass is 10.2. The van der Waals surface area contributed by atoms with Crippen molar-refractivity contribution in [1.82, 2.24) is 4.31 Å². The highest BCUT2D eigenvalue weighted by Gasteiger charge is 2.21. The van der Waals surface area contributed by atoms with E-state index in [9.17, 15) is 8.42 Å². The number of hydrogen-bond acceptors (Lipinski definition) is 3. The largest absolute Gasteiger partial charge is 0.329 e. The minimum Gasteiger partial charge on any atom is -0.329 e. The Morgan fingerprint density at radius 1 is 1.21 bits per heavy atom. The summed E-state index contributed by atoms with van der Waals surface area (Å²) in [6, 6.07) is 9.61. The summed E-state index contributed by atoms with van der Waals surface area (Å²) in [5.41, 5.74) is 6.52. The van der Waals surface area contributed by atoms with E-state index in [1.807, 2.05) is 44.2 Å². The van der Waals surface area contributed by atoms with E-state index >= 15 is 0 Å². The smallest absolute Gasteiger partial charge is 0.214 e. The molecule has 5 heteroatoms. The molecule has 108 valence electrons. The number of rotatable bonds is 8. The van der Waals surface area contributed by atoms with Gasteiger partial charge in [0.25, 0.3) is 0 Å². The molecule has 0 bridgehead atoms. The second kappa shape index (κ2) is 7.62. The molecule has 0 radical (unpaired) electrons. The van der Waals surface area contributed by atoms with Crippen molar-refractivity contribution in [2.45, 2.75) is 26.8 Å². The summed E-state index contributed by atoms with van der Waals surface area (Å²) in [6.07, 6.45) is 0.679. The summed E-state index contributed by atoms with van der Waals surface area (Å²) in [7, 11) is -3.22. The van der Waals surface area contributed by atoms with Crippen LogP contribution in [0.25, 0.3) is 0 Å². The lowest BCUT2D eigenvalue weighted by Gasteiger charge is -2.22. The van der Waals surface area contributed by atoms with Gasteiger partial charge in [-0.25, -0.2) is 8.42 Å². The number of benzene rings is 1. The maximum atomic E-state index is 12.3. The molecule has 0 heterocycles. The van der Waals surface area contributed by atoms with Crippen LogP contribution in [0.4, 0.5) is 0 Å². The SMILES string of the molecule is CC(C)CCS(=O)(=O)N(CCN)Cc1ccccc1. The number of hydrogen-bond donors (Lipinski definition) is 1. The Labute approximate surface area is 116 Å². The van der Waals surface area contributed by atoms with E-state index in [2.05, 4.69) is 0 Å². The van der Waals surface area contributed by atoms with Crippen molar-refractivity contribution in [2.75, 3.05) is 18.8 Å². The van der Waals surface area contributed by atoms with E-state index in [0.29, 0.717) is 32.0 Å². The van der Waals surface area contributed by atoms with Crippen molar-refractivity contribution in [2.24, 2.45) is 11.7 Å². The summed E-state index contributed by atoms with van der Waals surface area (Å²) >= 11 is 0. The highest BCUT2D eigenvalue weighted by Crippen LogP contribution is 2.12. The summed E-state index contributed by atoms with van der Waals surface area (Å²) in [5.74, 6) is 0.573. The third-order valence-electron chi connectivity index (χ3n) is 2.93. The fourth-order valence-corrected chi connectivity index (χ4v) is 3.52. The molecule has 0 amide bonds. The molecule has 1 aromatic carbocycles. The highest BCUT2D eigenvalue weighted by molar-refractivity contribution is 7.89. The van der Waals surface area contributed by atoms with E-state index < -0.39 is 10.0 Å². The monoisotopic (exact) mass is 284 g/mol. The van der Waals surface area contributed by atoms with Gasteiger partial charge in [0.2, 0.25) is 10.0 Å². The van der Waals surface area contributed by atoms with Crippen LogP contribution in [0.1, 0.15) is 25.8 Å². The minimum atomic E-state index is -3.22. The lowest BCUT2D eigenvalue weighted by Crippen LogP contribution is -2.36. The molecule has 0 fully saturated rings. The second-order valence-corrected chi connectivity index (χ2v) is 7.19. The normalized spacial score (nSPS) is 12.3. The zero-order chi connectivity index (χ0) is 14.3. The summed E-state index contributed by atoms with van der Waals surface area (Å²) < 4.78 is 26.1. The Balaban J connectivity index is 2.76. The van der Waals surface area contributed by atoms with Gasteiger partial charge in [0.05, 0.1) is 5.75 Å². The van der Waals surface area contributed by atoms with E-state index in [1.54, 1.807) is 0 Å². The summed E-state index contributed by atoms with van der Waals surface area (Å²) in [6.45, 7) is 5.17. The highest BCUT2D eigenvalue weighted by atomic mass is 32.2. The number of nitrogens with zero attached hydrogens (tertiary/aromatic N) is 1. The molecule has 1 rings (SSSR count). The van der Waals surface area contributed by atoms with E-state index in [4.69, 9.17) is 5.73 Å². The molecule has 0 spiro atoms. The second-order valence-electron chi connectivity index (χ2n) is 5.11. The first-order chi connectivity index (χ1) is 8.95. The van der Waals surface area contributed by atoms with Crippen LogP contribution in [-0.4, -0.2) is 31.6 Å². The maximum Gasteiger partial charge on any atom is 0.214 e. The minimum absolute atomic E-state index is 0.192. The van der Waals surface area contributed by atoms with Crippen molar-refractivity contribution >= 4 is 10.0 Å². The third kappa shape index (κ3) is 5.72. The number of nitrogens with two attached hydrogens (primary N) is 1. The molecular weight excluding hydrogens is 260 g/mol. The third-order valence-corrected chi connectivity index (χ3v) is 4.78. The standard InChI is InChI=1S/C14H24N2O2S/c1-13(2)8-11-19(17,18)16(10-9-15)12-14-6-4-3-5-7-14/h3-7,13H,8-12,15H2,1-2H3. The van der Waals surface area contributed by atoms with Crippen LogP contribution in [0, 0.1) is 5.92 Å². The first-order valence-electron chi connectivity index (χ1n) is 6.67. The van der Waals surface area contributed by atoms with E-state index in [0.717, 1.165) is 5.56 Å². The van der Waals surface area contributed by atoms with Crippen molar-refractivity contribution in [3.63, 3.8) is 0 Å². The summed E-state index contributed by atoms with van der Waals surface area (Å²) in [5, 5.41) is 0. The van der Waals surface area contributed by atoms with Gasteiger partial charge in [0.1, 0.15) is 0 Å². The van der Waals surface area contributed by atoms with Gasteiger partial charge in [-0.1, -0.05) is 44.2 Å². The zero-order valence-electron chi connectivity index (χ0n) is 11.7. The molecule has 0 aliphatic carbocycles. The Bertz CT molecular complexity index is 458. The predicted octanol–water partition coefficient (Wildman–Crippen LogP) is 1.82. The maximum absolute atomic E-state index is 12.3. The molecule has 0 atom stereocenters. The fourth-order valence-electron chi connectivity index (χ4n) is 1.76. The van der Waals surface area contributed by atoms with E-state index in [1.165, 1.54) is 4.31 Å². The van der Waals surface area contributed by atoms with Gasteiger partial charge < -0.3 is 5.73 Å². The molecule has 0 saturated carbocycles. The average Bonchev–Trinajstić information content (AvgIpc) is 2.37. The van der Waals surface area contributed by atoms with Crippen LogP contribution >= 0.6 is 0 Å². The van der Waals surface area contributed by atoms with Crippen molar-refractivity contribution in [3.05, 3.63) is 35.9 Å². The molecule has 2 N–H and O–H groups in total. The summed E-state index contributed by atoms with van der Waals surface area (Å²) in [4.78, 5) is 0. The van der Waals surface area contributed by atoms with Crippen LogP contribution in [0.3, 0.4) is 0 Å². The molecule has 4 nitrogen and oxygen atoms in total. The molecular formula is C14H24N2O2S. The van der Waals surface area contributed by atoms with Crippen molar-refractivity contribution < 1.29 is 8.42 Å². The van der Waals surface area contributed by atoms with Crippen LogP contribution in [0.15, 0.2) is 30.3 Å². The molecule has 0 aliphatic rings. The Morgan fingerprint density at radius 3 is 2.37 bits per heavy atom. The van der Waals surface area contributed by atoms with Crippen molar-refractivity contribution in [3.8, 4) is 0 Å². The first kappa shape index (κ1) is 16.1. The topological polar surface area (TPSA) is 63.4 Å². The van der Waals surface area contributed by atoms with Gasteiger partial charge in [-0.15, -0.1) is 0 Å². The quantitative estimate of drug-likeness (QED) is 0.792. The van der Waals surface area contributed by atoms with Crippen LogP contribution in [0.5, 0.6) is 0 Å². The number of sulfonamides is 1. The van der Waals surface area contributed by atoms with Gasteiger partial charge in [0, 0.05) is 19.6 Å². The Hall–Kier alpha value is -0.910. The van der Waals surface area contributed by atoms with Gasteiger partial charge >= 0.3 is 0 Å². The molecule has 19 heavy (non-hydrogen) atoms. The van der Waals surface area contributed by atoms with Crippen LogP contribution < -0.4 is 5.73 Å².